The maximum atomic E-state index is 11.9. The normalized spacial score (nSPS) is 13.3. The molecule has 0 heterocycles. The molecule has 0 aliphatic rings. The van der Waals surface area contributed by atoms with E-state index in [0.29, 0.717) is 11.4 Å². The summed E-state index contributed by atoms with van der Waals surface area (Å²) in [6.07, 6.45) is -2.84. The summed E-state index contributed by atoms with van der Waals surface area (Å²) in [4.78, 5) is 0. The summed E-state index contributed by atoms with van der Waals surface area (Å²) in [6, 6.07) is 5.11. The Morgan fingerprint density at radius 1 is 1.35 bits per heavy atom. The second-order valence-electron chi connectivity index (χ2n) is 4.36. The Morgan fingerprint density at radius 2 is 2.05 bits per heavy atom. The van der Waals surface area contributed by atoms with Crippen molar-refractivity contribution in [1.82, 2.24) is 0 Å². The smallest absolute Gasteiger partial charge is 0.411 e. The zero-order chi connectivity index (χ0) is 15.2. The minimum atomic E-state index is -4.37. The highest BCUT2D eigenvalue weighted by atomic mass is 35.5. The predicted molar refractivity (Wildman–Crippen MR) is 70.9 cm³/mol. The maximum absolute atomic E-state index is 11.9. The molecule has 0 saturated carbocycles. The molecule has 1 aromatic rings. The first-order chi connectivity index (χ1) is 9.31. The fourth-order valence-corrected chi connectivity index (χ4v) is 1.76. The zero-order valence-corrected chi connectivity index (χ0v) is 11.8. The van der Waals surface area contributed by atoms with Crippen molar-refractivity contribution in [1.29, 1.82) is 0 Å². The third kappa shape index (κ3) is 6.45. The van der Waals surface area contributed by atoms with Gasteiger partial charge in [-0.2, -0.15) is 13.2 Å². The average Bonchev–Trinajstić information content (AvgIpc) is 2.35. The van der Waals surface area contributed by atoms with Gasteiger partial charge in [-0.05, 0) is 30.5 Å². The van der Waals surface area contributed by atoms with Gasteiger partial charge in [-0.25, -0.2) is 0 Å². The van der Waals surface area contributed by atoms with E-state index in [0.717, 1.165) is 12.0 Å². The van der Waals surface area contributed by atoms with Gasteiger partial charge in [-0.1, -0.05) is 24.6 Å². The summed E-state index contributed by atoms with van der Waals surface area (Å²) in [5, 5.41) is 0.321. The van der Waals surface area contributed by atoms with Crippen molar-refractivity contribution in [3.05, 3.63) is 28.8 Å². The molecule has 3 nitrogen and oxygen atoms in total. The van der Waals surface area contributed by atoms with Crippen LogP contribution in [0.4, 0.5) is 13.2 Å². The topological polar surface area (TPSA) is 44.5 Å². The summed E-state index contributed by atoms with van der Waals surface area (Å²) in [6.45, 7) is 0.128. The van der Waals surface area contributed by atoms with Gasteiger partial charge < -0.3 is 15.2 Å². The number of hydrogen-bond acceptors (Lipinski definition) is 3. The molecule has 0 fully saturated rings. The average molecular weight is 312 g/mol. The second kappa shape index (κ2) is 7.71. The van der Waals surface area contributed by atoms with Crippen LogP contribution in [-0.4, -0.2) is 25.6 Å². The van der Waals surface area contributed by atoms with Crippen LogP contribution >= 0.6 is 11.6 Å². The van der Waals surface area contributed by atoms with Crippen molar-refractivity contribution in [3.63, 3.8) is 0 Å². The molecule has 0 radical (unpaired) electrons. The van der Waals surface area contributed by atoms with Crippen LogP contribution in [0.25, 0.3) is 0 Å². The molecule has 0 amide bonds. The Labute approximate surface area is 120 Å². The predicted octanol–water partition coefficient (Wildman–Crippen LogP) is 3.54. The highest BCUT2D eigenvalue weighted by molar-refractivity contribution is 6.32. The summed E-state index contributed by atoms with van der Waals surface area (Å²) >= 11 is 5.98. The molecular formula is C13H17ClF3NO2. The van der Waals surface area contributed by atoms with Crippen LogP contribution in [0.1, 0.15) is 18.9 Å². The lowest BCUT2D eigenvalue weighted by Gasteiger charge is -2.12. The summed E-state index contributed by atoms with van der Waals surface area (Å²) in [7, 11) is 0. The lowest BCUT2D eigenvalue weighted by atomic mass is 10.0. The van der Waals surface area contributed by atoms with Crippen molar-refractivity contribution in [2.45, 2.75) is 32.0 Å². The first-order valence-corrected chi connectivity index (χ1v) is 6.51. The number of ether oxygens (including phenoxy) is 2. The monoisotopic (exact) mass is 311 g/mol. The second-order valence-corrected chi connectivity index (χ2v) is 4.77. The Hall–Kier alpha value is -0.980. The molecule has 1 unspecified atom stereocenters. The first-order valence-electron chi connectivity index (χ1n) is 6.13. The van der Waals surface area contributed by atoms with E-state index in [1.165, 1.54) is 0 Å². The SMILES string of the molecule is CCC(N)Cc1ccc(OCOCC(F)(F)F)c(Cl)c1. The molecule has 0 aliphatic heterocycles. The fraction of sp³-hybridized carbons (Fsp3) is 0.538. The van der Waals surface area contributed by atoms with Gasteiger partial charge in [0.1, 0.15) is 12.4 Å². The van der Waals surface area contributed by atoms with Gasteiger partial charge in [0, 0.05) is 6.04 Å². The molecule has 1 rings (SSSR count). The zero-order valence-electron chi connectivity index (χ0n) is 11.0. The van der Waals surface area contributed by atoms with Crippen molar-refractivity contribution in [3.8, 4) is 5.75 Å². The first kappa shape index (κ1) is 17.1. The van der Waals surface area contributed by atoms with E-state index in [9.17, 15) is 13.2 Å². The molecule has 1 atom stereocenters. The molecule has 0 spiro atoms. The molecule has 0 aromatic heterocycles. The van der Waals surface area contributed by atoms with E-state index in [1.54, 1.807) is 18.2 Å². The molecule has 1 aromatic carbocycles. The Balaban J connectivity index is 2.47. The van der Waals surface area contributed by atoms with Crippen molar-refractivity contribution in [2.75, 3.05) is 13.4 Å². The highest BCUT2D eigenvalue weighted by Gasteiger charge is 2.27. The molecule has 20 heavy (non-hydrogen) atoms. The van der Waals surface area contributed by atoms with Crippen LogP contribution in [0.5, 0.6) is 5.75 Å². The summed E-state index contributed by atoms with van der Waals surface area (Å²) in [5.74, 6) is 0.280. The molecular weight excluding hydrogens is 295 g/mol. The Morgan fingerprint density at radius 3 is 2.60 bits per heavy atom. The number of benzene rings is 1. The third-order valence-corrected chi connectivity index (χ3v) is 2.88. The van der Waals surface area contributed by atoms with Gasteiger partial charge >= 0.3 is 6.18 Å². The van der Waals surface area contributed by atoms with Crippen LogP contribution in [0.15, 0.2) is 18.2 Å². The Bertz CT molecular complexity index is 427. The molecule has 7 heteroatoms. The van der Waals surface area contributed by atoms with Crippen LogP contribution in [-0.2, 0) is 11.2 Å². The quantitative estimate of drug-likeness (QED) is 0.619. The van der Waals surface area contributed by atoms with E-state index in [2.05, 4.69) is 4.74 Å². The molecule has 114 valence electrons. The standard InChI is InChI=1S/C13H17ClF3NO2/c1-2-10(18)5-9-3-4-12(11(14)6-9)20-8-19-7-13(15,16)17/h3-4,6,10H,2,5,7-8,18H2,1H3. The van der Waals surface area contributed by atoms with Crippen LogP contribution in [0, 0.1) is 0 Å². The fourth-order valence-electron chi connectivity index (χ4n) is 1.50. The number of halogens is 4. The lowest BCUT2D eigenvalue weighted by molar-refractivity contribution is -0.186. The van der Waals surface area contributed by atoms with Crippen LogP contribution in [0.2, 0.25) is 5.02 Å². The number of rotatable bonds is 7. The minimum absolute atomic E-state index is 0.0490. The van der Waals surface area contributed by atoms with Crippen LogP contribution < -0.4 is 10.5 Å². The maximum Gasteiger partial charge on any atom is 0.411 e. The lowest BCUT2D eigenvalue weighted by Crippen LogP contribution is -2.21. The molecule has 2 N–H and O–H groups in total. The highest BCUT2D eigenvalue weighted by Crippen LogP contribution is 2.26. The molecule has 0 bridgehead atoms. The van der Waals surface area contributed by atoms with E-state index < -0.39 is 19.6 Å². The van der Waals surface area contributed by atoms with Crippen molar-refractivity contribution < 1.29 is 22.6 Å². The van der Waals surface area contributed by atoms with Gasteiger partial charge in [0.05, 0.1) is 5.02 Å². The molecule has 0 saturated heterocycles. The number of alkyl halides is 3. The Kier molecular flexibility index (Phi) is 6.58. The van der Waals surface area contributed by atoms with E-state index in [-0.39, 0.29) is 11.8 Å². The molecule has 0 aliphatic carbocycles. The minimum Gasteiger partial charge on any atom is -0.466 e. The third-order valence-electron chi connectivity index (χ3n) is 2.58. The van der Waals surface area contributed by atoms with Crippen molar-refractivity contribution >= 4 is 11.6 Å². The van der Waals surface area contributed by atoms with Gasteiger partial charge in [-0.3, -0.25) is 0 Å². The van der Waals surface area contributed by atoms with Gasteiger partial charge in [-0.15, -0.1) is 0 Å². The van der Waals surface area contributed by atoms with Gasteiger partial charge in [0.2, 0.25) is 0 Å². The number of hydrogen-bond donors (Lipinski definition) is 1. The number of nitrogens with two attached hydrogens (primary N) is 1. The summed E-state index contributed by atoms with van der Waals surface area (Å²) < 4.78 is 44.9. The van der Waals surface area contributed by atoms with Crippen molar-refractivity contribution in [2.24, 2.45) is 5.73 Å². The van der Waals surface area contributed by atoms with E-state index in [1.807, 2.05) is 6.92 Å². The largest absolute Gasteiger partial charge is 0.466 e. The van der Waals surface area contributed by atoms with Crippen LogP contribution in [0.3, 0.4) is 0 Å². The van der Waals surface area contributed by atoms with Gasteiger partial charge in [0.15, 0.2) is 6.79 Å². The van der Waals surface area contributed by atoms with E-state index >= 15 is 0 Å². The van der Waals surface area contributed by atoms with E-state index in [4.69, 9.17) is 22.1 Å². The van der Waals surface area contributed by atoms with Gasteiger partial charge in [0.25, 0.3) is 0 Å². The summed E-state index contributed by atoms with van der Waals surface area (Å²) in [5.41, 5.74) is 6.78.